The molecule has 4 heteroatoms. The highest BCUT2D eigenvalue weighted by molar-refractivity contribution is 5.94. The number of hydrogen-bond donors (Lipinski definition) is 1. The third kappa shape index (κ3) is 2.10. The van der Waals surface area contributed by atoms with Crippen molar-refractivity contribution in [3.05, 3.63) is 42.2 Å². The molecule has 2 amide bonds. The first kappa shape index (κ1) is 11.8. The van der Waals surface area contributed by atoms with Crippen LogP contribution in [0, 0.1) is 6.92 Å². The standard InChI is InChI=1S/C15H16N2O2/c1-11-12(14-7-3-10-19-14)5-2-6-13(11)17-9-4-8-16-15(17)18/h2-3,5-7,10H,4,8-9H2,1H3,(H,16,18). The Hall–Kier alpha value is -2.23. The van der Waals surface area contributed by atoms with E-state index < -0.39 is 0 Å². The van der Waals surface area contributed by atoms with Gasteiger partial charge in [-0.25, -0.2) is 4.79 Å². The third-order valence-electron chi connectivity index (χ3n) is 3.46. The van der Waals surface area contributed by atoms with E-state index >= 15 is 0 Å². The van der Waals surface area contributed by atoms with Crippen molar-refractivity contribution in [3.8, 4) is 11.3 Å². The second-order valence-corrected chi connectivity index (χ2v) is 4.66. The van der Waals surface area contributed by atoms with Gasteiger partial charge in [-0.2, -0.15) is 0 Å². The van der Waals surface area contributed by atoms with Gasteiger partial charge in [-0.1, -0.05) is 12.1 Å². The number of hydrogen-bond acceptors (Lipinski definition) is 2. The predicted molar refractivity (Wildman–Crippen MR) is 74.2 cm³/mol. The van der Waals surface area contributed by atoms with Gasteiger partial charge < -0.3 is 9.73 Å². The van der Waals surface area contributed by atoms with Crippen LogP contribution in [0.3, 0.4) is 0 Å². The van der Waals surface area contributed by atoms with Crippen LogP contribution in [0.25, 0.3) is 11.3 Å². The molecular weight excluding hydrogens is 240 g/mol. The Morgan fingerprint density at radius 1 is 1.26 bits per heavy atom. The number of amides is 2. The van der Waals surface area contributed by atoms with E-state index in [0.717, 1.165) is 42.1 Å². The highest BCUT2D eigenvalue weighted by atomic mass is 16.3. The largest absolute Gasteiger partial charge is 0.464 e. The molecule has 0 spiro atoms. The molecule has 1 aliphatic rings. The van der Waals surface area contributed by atoms with E-state index in [1.165, 1.54) is 0 Å². The molecule has 98 valence electrons. The fraction of sp³-hybridized carbons (Fsp3) is 0.267. The summed E-state index contributed by atoms with van der Waals surface area (Å²) in [6.45, 7) is 3.54. The Kier molecular flexibility index (Phi) is 2.99. The lowest BCUT2D eigenvalue weighted by molar-refractivity contribution is 0.243. The summed E-state index contributed by atoms with van der Waals surface area (Å²) in [5, 5.41) is 2.88. The van der Waals surface area contributed by atoms with Crippen LogP contribution in [0.15, 0.2) is 41.0 Å². The van der Waals surface area contributed by atoms with Gasteiger partial charge in [0.1, 0.15) is 5.76 Å². The minimum absolute atomic E-state index is 0.0223. The van der Waals surface area contributed by atoms with Crippen molar-refractivity contribution < 1.29 is 9.21 Å². The lowest BCUT2D eigenvalue weighted by Crippen LogP contribution is -2.46. The molecule has 1 fully saturated rings. The molecule has 1 N–H and O–H groups in total. The molecule has 2 aromatic rings. The van der Waals surface area contributed by atoms with Crippen molar-refractivity contribution in [1.29, 1.82) is 0 Å². The van der Waals surface area contributed by atoms with E-state index in [1.54, 1.807) is 11.2 Å². The Bertz CT molecular complexity index is 590. The van der Waals surface area contributed by atoms with E-state index in [4.69, 9.17) is 4.42 Å². The minimum Gasteiger partial charge on any atom is -0.464 e. The van der Waals surface area contributed by atoms with Crippen molar-refractivity contribution >= 4 is 11.7 Å². The summed E-state index contributed by atoms with van der Waals surface area (Å²) in [6.07, 6.45) is 2.63. The van der Waals surface area contributed by atoms with E-state index in [0.29, 0.717) is 0 Å². The van der Waals surface area contributed by atoms with E-state index in [2.05, 4.69) is 5.32 Å². The molecule has 0 aliphatic carbocycles. The summed E-state index contributed by atoms with van der Waals surface area (Å²) in [6, 6.07) is 9.73. The first-order chi connectivity index (χ1) is 9.27. The summed E-state index contributed by atoms with van der Waals surface area (Å²) in [7, 11) is 0. The summed E-state index contributed by atoms with van der Waals surface area (Å²) in [4.78, 5) is 13.7. The van der Waals surface area contributed by atoms with Gasteiger partial charge in [0.15, 0.2) is 0 Å². The van der Waals surface area contributed by atoms with Crippen LogP contribution in [0.1, 0.15) is 12.0 Å². The van der Waals surface area contributed by atoms with E-state index in [1.807, 2.05) is 37.3 Å². The second kappa shape index (κ2) is 4.80. The van der Waals surface area contributed by atoms with Crippen molar-refractivity contribution in [1.82, 2.24) is 5.32 Å². The van der Waals surface area contributed by atoms with Crippen molar-refractivity contribution in [2.24, 2.45) is 0 Å². The van der Waals surface area contributed by atoms with Gasteiger partial charge in [-0.3, -0.25) is 4.90 Å². The average molecular weight is 256 g/mol. The molecule has 4 nitrogen and oxygen atoms in total. The van der Waals surface area contributed by atoms with Gasteiger partial charge in [0.2, 0.25) is 0 Å². The number of carbonyl (C=O) groups is 1. The molecule has 0 atom stereocenters. The molecular formula is C15H16N2O2. The smallest absolute Gasteiger partial charge is 0.321 e. The minimum atomic E-state index is -0.0223. The maximum absolute atomic E-state index is 11.9. The fourth-order valence-corrected chi connectivity index (χ4v) is 2.47. The number of nitrogens with zero attached hydrogens (tertiary/aromatic N) is 1. The average Bonchev–Trinajstić information content (AvgIpc) is 2.94. The highest BCUT2D eigenvalue weighted by Gasteiger charge is 2.21. The quantitative estimate of drug-likeness (QED) is 0.897. The summed E-state index contributed by atoms with van der Waals surface area (Å²) in [5.74, 6) is 0.830. The van der Waals surface area contributed by atoms with Gasteiger partial charge in [-0.15, -0.1) is 0 Å². The predicted octanol–water partition coefficient (Wildman–Crippen LogP) is 3.17. The molecule has 0 radical (unpaired) electrons. The summed E-state index contributed by atoms with van der Waals surface area (Å²) in [5.41, 5.74) is 3.04. The number of nitrogens with one attached hydrogen (secondary N) is 1. The molecule has 19 heavy (non-hydrogen) atoms. The molecule has 2 heterocycles. The Balaban J connectivity index is 2.03. The molecule has 3 rings (SSSR count). The van der Waals surface area contributed by atoms with Gasteiger partial charge >= 0.3 is 6.03 Å². The van der Waals surface area contributed by atoms with Crippen LogP contribution >= 0.6 is 0 Å². The zero-order valence-corrected chi connectivity index (χ0v) is 10.8. The van der Waals surface area contributed by atoms with Crippen molar-refractivity contribution in [3.63, 3.8) is 0 Å². The van der Waals surface area contributed by atoms with Crippen LogP contribution in [0.4, 0.5) is 10.5 Å². The van der Waals surface area contributed by atoms with Gasteiger partial charge in [0, 0.05) is 24.3 Å². The van der Waals surface area contributed by atoms with E-state index in [-0.39, 0.29) is 6.03 Å². The summed E-state index contributed by atoms with van der Waals surface area (Å²) >= 11 is 0. The topological polar surface area (TPSA) is 45.5 Å². The third-order valence-corrected chi connectivity index (χ3v) is 3.46. The Morgan fingerprint density at radius 2 is 2.16 bits per heavy atom. The van der Waals surface area contributed by atoms with Gasteiger partial charge in [-0.05, 0) is 37.1 Å². The van der Waals surface area contributed by atoms with Crippen molar-refractivity contribution in [2.75, 3.05) is 18.0 Å². The monoisotopic (exact) mass is 256 g/mol. The van der Waals surface area contributed by atoms with Crippen LogP contribution in [0.2, 0.25) is 0 Å². The molecule has 0 bridgehead atoms. The lowest BCUT2D eigenvalue weighted by Gasteiger charge is -2.29. The maximum atomic E-state index is 11.9. The number of urea groups is 1. The van der Waals surface area contributed by atoms with E-state index in [9.17, 15) is 4.79 Å². The fourth-order valence-electron chi connectivity index (χ4n) is 2.47. The molecule has 1 aliphatic heterocycles. The maximum Gasteiger partial charge on any atom is 0.321 e. The van der Waals surface area contributed by atoms with Crippen LogP contribution in [-0.2, 0) is 0 Å². The number of rotatable bonds is 2. The second-order valence-electron chi connectivity index (χ2n) is 4.66. The Labute approximate surface area is 112 Å². The molecule has 0 unspecified atom stereocenters. The Morgan fingerprint density at radius 3 is 2.89 bits per heavy atom. The van der Waals surface area contributed by atoms with Gasteiger partial charge in [0.25, 0.3) is 0 Å². The van der Waals surface area contributed by atoms with Gasteiger partial charge in [0.05, 0.1) is 6.26 Å². The molecule has 0 saturated carbocycles. The molecule has 1 aromatic heterocycles. The number of anilines is 1. The SMILES string of the molecule is Cc1c(-c2ccco2)cccc1N1CCCNC1=O. The first-order valence-corrected chi connectivity index (χ1v) is 6.46. The van der Waals surface area contributed by atoms with Crippen molar-refractivity contribution in [2.45, 2.75) is 13.3 Å². The zero-order chi connectivity index (χ0) is 13.2. The molecule has 1 saturated heterocycles. The zero-order valence-electron chi connectivity index (χ0n) is 10.8. The van der Waals surface area contributed by atoms with Crippen LogP contribution < -0.4 is 10.2 Å². The number of carbonyl (C=O) groups excluding carboxylic acids is 1. The molecule has 1 aromatic carbocycles. The van der Waals surface area contributed by atoms with Crippen LogP contribution in [0.5, 0.6) is 0 Å². The number of furan rings is 1. The highest BCUT2D eigenvalue weighted by Crippen LogP contribution is 2.31. The number of benzene rings is 1. The summed E-state index contributed by atoms with van der Waals surface area (Å²) < 4.78 is 5.45. The first-order valence-electron chi connectivity index (χ1n) is 6.46. The lowest BCUT2D eigenvalue weighted by atomic mass is 10.0. The van der Waals surface area contributed by atoms with Crippen LogP contribution in [-0.4, -0.2) is 19.1 Å². The normalized spacial score (nSPS) is 15.4.